The fraction of sp³-hybridized carbons (Fsp3) is 0.786. The molecule has 17 heavy (non-hydrogen) atoms. The summed E-state index contributed by atoms with van der Waals surface area (Å²) in [7, 11) is 0. The van der Waals surface area contributed by atoms with E-state index in [0.717, 1.165) is 25.8 Å². The number of nitrogens with two attached hydrogens (primary N) is 1. The molecule has 0 spiro atoms. The Kier molecular flexibility index (Phi) is 3.30. The van der Waals surface area contributed by atoms with Crippen molar-refractivity contribution in [1.29, 1.82) is 0 Å². The number of aryl methyl sites for hydroxylation is 1. The number of nitrogens with zero attached hydrogens (tertiary/aromatic N) is 2. The molecule has 0 bridgehead atoms. The number of hydrogen-bond donors (Lipinski definition) is 1. The zero-order chi connectivity index (χ0) is 12.5. The lowest BCUT2D eigenvalue weighted by Crippen LogP contribution is -2.48. The molecule has 3 heteroatoms. The predicted molar refractivity (Wildman–Crippen MR) is 70.8 cm³/mol. The molecule has 3 nitrogen and oxygen atoms in total. The minimum absolute atomic E-state index is 0.0244. The summed E-state index contributed by atoms with van der Waals surface area (Å²) < 4.78 is 1.98. The van der Waals surface area contributed by atoms with Crippen LogP contribution in [0.4, 0.5) is 0 Å². The van der Waals surface area contributed by atoms with E-state index in [1.165, 1.54) is 18.4 Å². The molecule has 1 saturated carbocycles. The number of rotatable bonds is 3. The number of aromatic nitrogens is 2. The normalized spacial score (nSPS) is 28.2. The molecule has 0 amide bonds. The maximum Gasteiger partial charge on any atom is 0.0522 e. The van der Waals surface area contributed by atoms with Crippen LogP contribution in [0.15, 0.2) is 12.4 Å². The summed E-state index contributed by atoms with van der Waals surface area (Å²) >= 11 is 0. The topological polar surface area (TPSA) is 43.8 Å². The first-order valence-electron chi connectivity index (χ1n) is 6.73. The first-order chi connectivity index (χ1) is 7.92. The molecule has 96 valence electrons. The standard InChI is InChI=1S/C14H25N3/c1-4-17-10-12(9-16-17)8-14(15)7-5-6-13(2,3)11-14/h9-10H,4-8,11,15H2,1-3H3. The third-order valence-corrected chi connectivity index (χ3v) is 3.93. The van der Waals surface area contributed by atoms with Crippen LogP contribution < -0.4 is 5.73 Å². The van der Waals surface area contributed by atoms with Crippen LogP contribution >= 0.6 is 0 Å². The van der Waals surface area contributed by atoms with Crippen LogP contribution in [-0.4, -0.2) is 15.3 Å². The molecule has 0 aliphatic heterocycles. The van der Waals surface area contributed by atoms with Gasteiger partial charge in [0.25, 0.3) is 0 Å². The van der Waals surface area contributed by atoms with E-state index in [0.29, 0.717) is 5.41 Å². The van der Waals surface area contributed by atoms with Crippen molar-refractivity contribution >= 4 is 0 Å². The van der Waals surface area contributed by atoms with Crippen LogP contribution in [-0.2, 0) is 13.0 Å². The zero-order valence-corrected chi connectivity index (χ0v) is 11.4. The molecule has 2 rings (SSSR count). The smallest absolute Gasteiger partial charge is 0.0522 e. The summed E-state index contributed by atoms with van der Waals surface area (Å²) in [4.78, 5) is 0. The lowest BCUT2D eigenvalue weighted by molar-refractivity contribution is 0.151. The van der Waals surface area contributed by atoms with Crippen molar-refractivity contribution < 1.29 is 0 Å². The molecular formula is C14H25N3. The Morgan fingerprint density at radius 1 is 1.41 bits per heavy atom. The van der Waals surface area contributed by atoms with Gasteiger partial charge in [-0.3, -0.25) is 4.68 Å². The highest BCUT2D eigenvalue weighted by Crippen LogP contribution is 2.41. The average molecular weight is 235 g/mol. The van der Waals surface area contributed by atoms with E-state index in [-0.39, 0.29) is 5.54 Å². The van der Waals surface area contributed by atoms with Crippen molar-refractivity contribution in [2.24, 2.45) is 11.1 Å². The first-order valence-corrected chi connectivity index (χ1v) is 6.73. The largest absolute Gasteiger partial charge is 0.325 e. The molecule has 2 N–H and O–H groups in total. The third-order valence-electron chi connectivity index (χ3n) is 3.93. The first kappa shape index (κ1) is 12.6. The molecular weight excluding hydrogens is 210 g/mol. The van der Waals surface area contributed by atoms with E-state index in [1.54, 1.807) is 0 Å². The van der Waals surface area contributed by atoms with E-state index in [9.17, 15) is 0 Å². The molecule has 1 heterocycles. The van der Waals surface area contributed by atoms with Crippen molar-refractivity contribution in [3.63, 3.8) is 0 Å². The maximum atomic E-state index is 6.58. The van der Waals surface area contributed by atoms with E-state index in [1.807, 2.05) is 10.9 Å². The van der Waals surface area contributed by atoms with Gasteiger partial charge < -0.3 is 5.73 Å². The van der Waals surface area contributed by atoms with E-state index < -0.39 is 0 Å². The Balaban J connectivity index is 2.06. The van der Waals surface area contributed by atoms with Gasteiger partial charge in [0.2, 0.25) is 0 Å². The second-order valence-corrected chi connectivity index (χ2v) is 6.44. The van der Waals surface area contributed by atoms with Crippen LogP contribution in [0.25, 0.3) is 0 Å². The van der Waals surface area contributed by atoms with Gasteiger partial charge in [-0.1, -0.05) is 20.3 Å². The van der Waals surface area contributed by atoms with Gasteiger partial charge in [-0.15, -0.1) is 0 Å². The quantitative estimate of drug-likeness (QED) is 0.875. The Hall–Kier alpha value is -0.830. The van der Waals surface area contributed by atoms with Crippen LogP contribution in [0.5, 0.6) is 0 Å². The summed E-state index contributed by atoms with van der Waals surface area (Å²) in [6.45, 7) is 7.72. The Morgan fingerprint density at radius 2 is 2.18 bits per heavy atom. The van der Waals surface area contributed by atoms with Crippen molar-refractivity contribution in [1.82, 2.24) is 9.78 Å². The van der Waals surface area contributed by atoms with Crippen LogP contribution in [0.2, 0.25) is 0 Å². The van der Waals surface area contributed by atoms with Gasteiger partial charge >= 0.3 is 0 Å². The van der Waals surface area contributed by atoms with Crippen LogP contribution in [0, 0.1) is 5.41 Å². The molecule has 1 unspecified atom stereocenters. The van der Waals surface area contributed by atoms with E-state index >= 15 is 0 Å². The summed E-state index contributed by atoms with van der Waals surface area (Å²) in [6, 6.07) is 0. The molecule has 0 saturated heterocycles. The van der Waals surface area contributed by atoms with Gasteiger partial charge in [0.15, 0.2) is 0 Å². The highest BCUT2D eigenvalue weighted by atomic mass is 15.3. The van der Waals surface area contributed by atoms with Gasteiger partial charge in [0.1, 0.15) is 0 Å². The number of hydrogen-bond acceptors (Lipinski definition) is 2. The minimum atomic E-state index is -0.0244. The Bertz CT molecular complexity index is 381. The zero-order valence-electron chi connectivity index (χ0n) is 11.4. The molecule has 1 atom stereocenters. The van der Waals surface area contributed by atoms with Gasteiger partial charge in [-0.25, -0.2) is 0 Å². The van der Waals surface area contributed by atoms with Crippen molar-refractivity contribution in [2.45, 2.75) is 65.0 Å². The van der Waals surface area contributed by atoms with E-state index in [2.05, 4.69) is 32.1 Å². The van der Waals surface area contributed by atoms with Crippen molar-refractivity contribution in [2.75, 3.05) is 0 Å². The van der Waals surface area contributed by atoms with Gasteiger partial charge in [0.05, 0.1) is 6.20 Å². The monoisotopic (exact) mass is 235 g/mol. The molecule has 0 radical (unpaired) electrons. The lowest BCUT2D eigenvalue weighted by Gasteiger charge is -2.42. The fourth-order valence-electron chi connectivity index (χ4n) is 3.28. The highest BCUT2D eigenvalue weighted by molar-refractivity contribution is 5.11. The second kappa shape index (κ2) is 4.45. The summed E-state index contributed by atoms with van der Waals surface area (Å²) in [5, 5.41) is 4.33. The lowest BCUT2D eigenvalue weighted by atomic mass is 9.67. The maximum absolute atomic E-state index is 6.58. The highest BCUT2D eigenvalue weighted by Gasteiger charge is 2.37. The second-order valence-electron chi connectivity index (χ2n) is 6.44. The van der Waals surface area contributed by atoms with Crippen LogP contribution in [0.3, 0.4) is 0 Å². The molecule has 1 aliphatic rings. The van der Waals surface area contributed by atoms with E-state index in [4.69, 9.17) is 5.73 Å². The van der Waals surface area contributed by atoms with Gasteiger partial charge in [0, 0.05) is 18.3 Å². The third kappa shape index (κ3) is 3.09. The minimum Gasteiger partial charge on any atom is -0.325 e. The molecule has 1 aromatic heterocycles. The summed E-state index contributed by atoms with van der Waals surface area (Å²) in [5.74, 6) is 0. The molecule has 1 fully saturated rings. The Morgan fingerprint density at radius 3 is 2.76 bits per heavy atom. The molecule has 1 aliphatic carbocycles. The Labute approximate surface area is 104 Å². The SMILES string of the molecule is CCn1cc(CC2(N)CCCC(C)(C)C2)cn1. The average Bonchev–Trinajstić information content (AvgIpc) is 2.62. The summed E-state index contributed by atoms with van der Waals surface area (Å²) in [5.41, 5.74) is 8.24. The van der Waals surface area contributed by atoms with Gasteiger partial charge in [-0.2, -0.15) is 5.10 Å². The van der Waals surface area contributed by atoms with Crippen molar-refractivity contribution in [3.8, 4) is 0 Å². The predicted octanol–water partition coefficient (Wildman–Crippen LogP) is 2.74. The summed E-state index contributed by atoms with van der Waals surface area (Å²) in [6.07, 6.45) is 9.91. The van der Waals surface area contributed by atoms with Gasteiger partial charge in [-0.05, 0) is 43.6 Å². The van der Waals surface area contributed by atoms with Crippen LogP contribution in [0.1, 0.15) is 52.0 Å². The van der Waals surface area contributed by atoms with Crippen molar-refractivity contribution in [3.05, 3.63) is 18.0 Å². The molecule has 1 aromatic rings. The fourth-order valence-corrected chi connectivity index (χ4v) is 3.28. The molecule has 0 aromatic carbocycles.